The molecule has 1 atom stereocenters. The average molecular weight is 352 g/mol. The number of fused-ring (bicyclic) bond motifs is 1. The van der Waals surface area contributed by atoms with Gasteiger partial charge < -0.3 is 4.74 Å². The molecule has 2 fully saturated rings. The second-order valence-electron chi connectivity index (χ2n) is 6.30. The largest absolute Gasteiger partial charge is 0.381 e. The maximum atomic E-state index is 5.45. The summed E-state index contributed by atoms with van der Waals surface area (Å²) in [6, 6.07) is 0.704. The Kier molecular flexibility index (Phi) is 3.37. The molecule has 0 aromatic rings. The molecular formula is C15H20BrN4O+. The lowest BCUT2D eigenvalue weighted by molar-refractivity contribution is -0.709. The highest BCUT2D eigenvalue weighted by atomic mass is 79.9. The van der Waals surface area contributed by atoms with Crippen molar-refractivity contribution in [3.8, 4) is 0 Å². The third kappa shape index (κ3) is 2.16. The van der Waals surface area contributed by atoms with E-state index in [1.165, 1.54) is 24.2 Å². The van der Waals surface area contributed by atoms with Crippen molar-refractivity contribution >= 4 is 26.9 Å². The van der Waals surface area contributed by atoms with Crippen LogP contribution in [0.25, 0.3) is 0 Å². The van der Waals surface area contributed by atoms with Crippen molar-refractivity contribution in [1.82, 2.24) is 4.90 Å². The lowest BCUT2D eigenvalue weighted by Gasteiger charge is -2.45. The van der Waals surface area contributed by atoms with Crippen LogP contribution in [-0.2, 0) is 4.74 Å². The summed E-state index contributed by atoms with van der Waals surface area (Å²) >= 11 is 3.63. The first-order valence-electron chi connectivity index (χ1n) is 7.57. The van der Waals surface area contributed by atoms with Crippen molar-refractivity contribution in [2.24, 2.45) is 15.9 Å². The van der Waals surface area contributed by atoms with E-state index in [1.54, 1.807) is 0 Å². The molecule has 4 rings (SSSR count). The molecule has 0 amide bonds. The van der Waals surface area contributed by atoms with Crippen LogP contribution >= 0.6 is 15.9 Å². The zero-order valence-electron chi connectivity index (χ0n) is 12.2. The average Bonchev–Trinajstić information content (AvgIpc) is 2.71. The molecule has 0 spiro atoms. The fourth-order valence-electron chi connectivity index (χ4n) is 3.55. The number of quaternary nitrogens is 1. The Balaban J connectivity index is 1.50. The molecule has 0 radical (unpaired) electrons. The predicted molar refractivity (Wildman–Crippen MR) is 86.1 cm³/mol. The number of hydrogen-bond donors (Lipinski definition) is 0. The van der Waals surface area contributed by atoms with Gasteiger partial charge in [0.05, 0.1) is 19.5 Å². The van der Waals surface area contributed by atoms with Crippen LogP contribution in [0.1, 0.15) is 12.8 Å². The molecule has 4 aliphatic rings. The molecule has 4 aliphatic heterocycles. The van der Waals surface area contributed by atoms with E-state index in [0.717, 1.165) is 31.0 Å². The van der Waals surface area contributed by atoms with E-state index in [-0.39, 0.29) is 0 Å². The quantitative estimate of drug-likeness (QED) is 0.564. The number of hydrogen-bond acceptors (Lipinski definition) is 4. The molecule has 0 aromatic heterocycles. The molecule has 0 aliphatic carbocycles. The summed E-state index contributed by atoms with van der Waals surface area (Å²) in [6.07, 6.45) is 8.22. The fourth-order valence-corrected chi connectivity index (χ4v) is 4.05. The number of allylic oxidation sites excluding steroid dienone is 1. The third-order valence-corrected chi connectivity index (χ3v) is 5.92. The molecule has 112 valence electrons. The molecule has 0 bridgehead atoms. The Labute approximate surface area is 133 Å². The summed E-state index contributed by atoms with van der Waals surface area (Å²) in [5, 5.41) is 0. The Morgan fingerprint density at radius 2 is 2.10 bits per heavy atom. The molecule has 1 unspecified atom stereocenters. The first-order valence-corrected chi connectivity index (χ1v) is 8.36. The van der Waals surface area contributed by atoms with Crippen LogP contribution in [0.15, 0.2) is 33.8 Å². The van der Waals surface area contributed by atoms with Crippen molar-refractivity contribution < 1.29 is 9.22 Å². The number of aliphatic imine (C=N–C) groups is 2. The van der Waals surface area contributed by atoms with Crippen LogP contribution in [0.2, 0.25) is 0 Å². The van der Waals surface area contributed by atoms with E-state index < -0.39 is 0 Å². The van der Waals surface area contributed by atoms with E-state index in [4.69, 9.17) is 9.73 Å². The van der Waals surface area contributed by atoms with Gasteiger partial charge in [-0.1, -0.05) is 0 Å². The molecule has 4 heterocycles. The zero-order chi connectivity index (χ0) is 14.4. The maximum Gasteiger partial charge on any atom is 0.281 e. The molecule has 5 nitrogen and oxygen atoms in total. The molecular weight excluding hydrogens is 332 g/mol. The Morgan fingerprint density at radius 1 is 1.33 bits per heavy atom. The second kappa shape index (κ2) is 5.12. The molecule has 0 aromatic carbocycles. The van der Waals surface area contributed by atoms with E-state index in [9.17, 15) is 0 Å². The second-order valence-corrected chi connectivity index (χ2v) is 7.01. The van der Waals surface area contributed by atoms with Gasteiger partial charge in [0.15, 0.2) is 5.70 Å². The Morgan fingerprint density at radius 3 is 2.86 bits per heavy atom. The highest BCUT2D eigenvalue weighted by molar-refractivity contribution is 9.18. The van der Waals surface area contributed by atoms with Crippen LogP contribution < -0.4 is 0 Å². The highest BCUT2D eigenvalue weighted by Gasteiger charge is 2.46. The Hall–Kier alpha value is -0.820. The third-order valence-electron chi connectivity index (χ3n) is 5.01. The summed E-state index contributed by atoms with van der Waals surface area (Å²) < 4.78 is 7.03. The molecule has 2 saturated heterocycles. The maximum absolute atomic E-state index is 5.45. The van der Waals surface area contributed by atoms with Crippen LogP contribution in [-0.4, -0.2) is 59.7 Å². The number of rotatable bonds is 2. The first kappa shape index (κ1) is 13.8. The highest BCUT2D eigenvalue weighted by Crippen LogP contribution is 2.39. The minimum absolute atomic E-state index is 0.535. The summed E-state index contributed by atoms with van der Waals surface area (Å²) in [7, 11) is 2.15. The normalized spacial score (nSPS) is 34.1. The summed E-state index contributed by atoms with van der Waals surface area (Å²) in [5.74, 6) is 0.535. The molecule has 0 N–H and O–H groups in total. The van der Waals surface area contributed by atoms with Crippen molar-refractivity contribution in [1.29, 1.82) is 0 Å². The van der Waals surface area contributed by atoms with Gasteiger partial charge in [-0.3, -0.25) is 9.89 Å². The monoisotopic (exact) mass is 351 g/mol. The van der Waals surface area contributed by atoms with Crippen LogP contribution in [0.5, 0.6) is 0 Å². The van der Waals surface area contributed by atoms with Gasteiger partial charge in [-0.2, -0.15) is 4.99 Å². The van der Waals surface area contributed by atoms with Gasteiger partial charge in [-0.05, 0) is 12.8 Å². The smallest absolute Gasteiger partial charge is 0.281 e. The number of nitrogens with zero attached hydrogens (tertiary/aromatic N) is 4. The van der Waals surface area contributed by atoms with E-state index in [0.29, 0.717) is 16.4 Å². The summed E-state index contributed by atoms with van der Waals surface area (Å²) in [5.41, 5.74) is 2.42. The van der Waals surface area contributed by atoms with E-state index >= 15 is 0 Å². The van der Waals surface area contributed by atoms with Gasteiger partial charge >= 0.3 is 0 Å². The van der Waals surface area contributed by atoms with Crippen molar-refractivity contribution in [3.63, 3.8) is 0 Å². The molecule has 6 heteroatoms. The minimum Gasteiger partial charge on any atom is -0.381 e. The van der Waals surface area contributed by atoms with Crippen LogP contribution in [0.3, 0.4) is 0 Å². The topological polar surface area (TPSA) is 37.2 Å². The van der Waals surface area contributed by atoms with Gasteiger partial charge in [-0.15, -0.1) is 0 Å². The standard InChI is InChI=1S/C15H20BrN4O/c1-20-5-4-17-8-13(20)14(18-15(20)16)11-9-19(10-11)12-2-6-21-7-3-12/h4-5,8,11-12H,2-3,6-7,9-10H2,1H3/q+1. The van der Waals surface area contributed by atoms with Crippen LogP contribution in [0.4, 0.5) is 0 Å². The molecule has 21 heavy (non-hydrogen) atoms. The zero-order valence-corrected chi connectivity index (χ0v) is 13.8. The van der Waals surface area contributed by atoms with Gasteiger partial charge in [0, 0.05) is 54.2 Å². The van der Waals surface area contributed by atoms with E-state index in [1.807, 2.05) is 12.4 Å². The van der Waals surface area contributed by atoms with Gasteiger partial charge in [-0.25, -0.2) is 4.48 Å². The number of ether oxygens (including phenoxy) is 1. The number of halogens is 1. The van der Waals surface area contributed by atoms with Crippen molar-refractivity contribution in [3.05, 3.63) is 23.8 Å². The minimum atomic E-state index is 0.535. The molecule has 0 saturated carbocycles. The lowest BCUT2D eigenvalue weighted by Crippen LogP contribution is -2.54. The van der Waals surface area contributed by atoms with E-state index in [2.05, 4.69) is 39.1 Å². The van der Waals surface area contributed by atoms with Crippen molar-refractivity contribution in [2.45, 2.75) is 18.9 Å². The number of likely N-dealkylation sites (tertiary alicyclic amines) is 1. The van der Waals surface area contributed by atoms with Gasteiger partial charge in [0.1, 0.15) is 11.9 Å². The van der Waals surface area contributed by atoms with Gasteiger partial charge in [0.25, 0.3) is 4.74 Å². The predicted octanol–water partition coefficient (Wildman–Crippen LogP) is 2.08. The van der Waals surface area contributed by atoms with Gasteiger partial charge in [0.2, 0.25) is 0 Å². The Bertz CT molecular complexity index is 570. The first-order chi connectivity index (χ1) is 10.2. The summed E-state index contributed by atoms with van der Waals surface area (Å²) in [4.78, 5) is 11.7. The van der Waals surface area contributed by atoms with Crippen LogP contribution in [0, 0.1) is 5.92 Å². The van der Waals surface area contributed by atoms with Crippen molar-refractivity contribution in [2.75, 3.05) is 33.4 Å². The summed E-state index contributed by atoms with van der Waals surface area (Å²) in [6.45, 7) is 4.06. The fraction of sp³-hybridized carbons (Fsp3) is 0.600. The number of amidine groups is 1. The lowest BCUT2D eigenvalue weighted by atomic mass is 9.91. The SMILES string of the molecule is C[N+]12C=CN=CC1=C(C1CN(C3CCOCC3)C1)N=C2Br.